The van der Waals surface area contributed by atoms with Gasteiger partial charge in [0.2, 0.25) is 0 Å². The Balaban J connectivity index is 4.35. The van der Waals surface area contributed by atoms with Crippen molar-refractivity contribution in [3.8, 4) is 0 Å². The molecule has 0 N–H and O–H groups in total. The van der Waals surface area contributed by atoms with Crippen LogP contribution in [-0.4, -0.2) is 37.2 Å². The Morgan fingerprint density at radius 1 is 0.356 bits per heavy atom. The molecule has 0 fully saturated rings. The Morgan fingerprint density at radius 3 is 1.10 bits per heavy atom. The SMILES string of the molecule is CC\C=C/C=C\C=C/C=C\CCCCCC(=O)OC(COC(=O)CCCCCCCCCCC)COC(=O)CCCCCCCCCCCC/C=C\C=C/CCCCC. The van der Waals surface area contributed by atoms with Gasteiger partial charge in [0.15, 0.2) is 6.10 Å². The van der Waals surface area contributed by atoms with Gasteiger partial charge in [-0.25, -0.2) is 0 Å². The summed E-state index contributed by atoms with van der Waals surface area (Å²) in [7, 11) is 0. The van der Waals surface area contributed by atoms with Crippen LogP contribution < -0.4 is 0 Å². The highest BCUT2D eigenvalue weighted by atomic mass is 16.6. The van der Waals surface area contributed by atoms with Crippen molar-refractivity contribution in [2.45, 2.75) is 232 Å². The maximum absolute atomic E-state index is 12.7. The van der Waals surface area contributed by atoms with Crippen LogP contribution in [0.15, 0.2) is 72.9 Å². The van der Waals surface area contributed by atoms with E-state index in [1.807, 2.05) is 36.5 Å². The van der Waals surface area contributed by atoms with Crippen LogP contribution in [0.1, 0.15) is 226 Å². The van der Waals surface area contributed by atoms with Gasteiger partial charge in [-0.3, -0.25) is 14.4 Å². The molecule has 6 heteroatoms. The summed E-state index contributed by atoms with van der Waals surface area (Å²) >= 11 is 0. The number of carbonyl (C=O) groups excluding carboxylic acids is 3. The Hall–Kier alpha value is -3.15. The van der Waals surface area contributed by atoms with Gasteiger partial charge in [-0.2, -0.15) is 0 Å². The van der Waals surface area contributed by atoms with Crippen LogP contribution in [0.25, 0.3) is 0 Å². The van der Waals surface area contributed by atoms with Crippen molar-refractivity contribution in [2.24, 2.45) is 0 Å². The second-order valence-electron chi connectivity index (χ2n) is 16.1. The summed E-state index contributed by atoms with van der Waals surface area (Å²) in [4.78, 5) is 37.8. The topological polar surface area (TPSA) is 78.9 Å². The molecule has 1 atom stereocenters. The van der Waals surface area contributed by atoms with Crippen LogP contribution in [0, 0.1) is 0 Å². The van der Waals surface area contributed by atoms with Crippen molar-refractivity contribution in [1.82, 2.24) is 0 Å². The summed E-state index contributed by atoms with van der Waals surface area (Å²) in [6.07, 6.45) is 58.9. The Bertz CT molecular complexity index is 1130. The van der Waals surface area contributed by atoms with Crippen molar-refractivity contribution in [2.75, 3.05) is 13.2 Å². The van der Waals surface area contributed by atoms with E-state index < -0.39 is 6.10 Å². The van der Waals surface area contributed by atoms with Crippen molar-refractivity contribution in [1.29, 1.82) is 0 Å². The molecule has 338 valence electrons. The second kappa shape index (κ2) is 47.5. The van der Waals surface area contributed by atoms with E-state index in [-0.39, 0.29) is 37.5 Å². The molecule has 0 aliphatic rings. The number of hydrogen-bond donors (Lipinski definition) is 0. The summed E-state index contributed by atoms with van der Waals surface area (Å²) < 4.78 is 16.7. The quantitative estimate of drug-likeness (QED) is 0.0264. The predicted octanol–water partition coefficient (Wildman–Crippen LogP) is 15.9. The van der Waals surface area contributed by atoms with Gasteiger partial charge in [0.1, 0.15) is 13.2 Å². The molecule has 0 rings (SSSR count). The van der Waals surface area contributed by atoms with Crippen LogP contribution >= 0.6 is 0 Å². The maximum atomic E-state index is 12.7. The van der Waals surface area contributed by atoms with Gasteiger partial charge in [-0.05, 0) is 64.2 Å². The van der Waals surface area contributed by atoms with Crippen LogP contribution in [0.5, 0.6) is 0 Å². The molecular formula is C53H90O6. The lowest BCUT2D eigenvalue weighted by Gasteiger charge is -2.18. The third-order valence-corrected chi connectivity index (χ3v) is 10.3. The first-order valence-corrected chi connectivity index (χ1v) is 24.5. The molecule has 0 radical (unpaired) electrons. The van der Waals surface area contributed by atoms with Gasteiger partial charge in [0.05, 0.1) is 0 Å². The monoisotopic (exact) mass is 823 g/mol. The molecule has 0 saturated carbocycles. The number of hydrogen-bond acceptors (Lipinski definition) is 6. The average molecular weight is 823 g/mol. The molecule has 0 aliphatic carbocycles. The maximum Gasteiger partial charge on any atom is 0.306 e. The molecule has 59 heavy (non-hydrogen) atoms. The lowest BCUT2D eigenvalue weighted by atomic mass is 10.1. The van der Waals surface area contributed by atoms with Gasteiger partial charge in [-0.1, -0.05) is 216 Å². The first kappa shape index (κ1) is 55.9. The zero-order valence-electron chi connectivity index (χ0n) is 38.5. The third kappa shape index (κ3) is 45.8. The minimum absolute atomic E-state index is 0.0917. The van der Waals surface area contributed by atoms with Crippen LogP contribution in [0.3, 0.4) is 0 Å². The highest BCUT2D eigenvalue weighted by molar-refractivity contribution is 5.71. The molecule has 0 heterocycles. The number of ether oxygens (including phenoxy) is 3. The zero-order valence-corrected chi connectivity index (χ0v) is 38.5. The smallest absolute Gasteiger partial charge is 0.306 e. The molecule has 0 aliphatic heterocycles. The summed E-state index contributed by atoms with van der Waals surface area (Å²) in [5.41, 5.74) is 0. The number of rotatable bonds is 43. The van der Waals surface area contributed by atoms with Gasteiger partial charge in [-0.15, -0.1) is 0 Å². The number of unbranched alkanes of at least 4 members (excludes halogenated alkanes) is 24. The zero-order chi connectivity index (χ0) is 43.0. The van der Waals surface area contributed by atoms with E-state index in [9.17, 15) is 14.4 Å². The van der Waals surface area contributed by atoms with E-state index in [0.29, 0.717) is 12.8 Å². The van der Waals surface area contributed by atoms with E-state index in [0.717, 1.165) is 70.6 Å². The molecular weight excluding hydrogens is 733 g/mol. The number of allylic oxidation sites excluding steroid dienone is 12. The fourth-order valence-electron chi connectivity index (χ4n) is 6.62. The van der Waals surface area contributed by atoms with Gasteiger partial charge >= 0.3 is 17.9 Å². The minimum atomic E-state index is -0.793. The van der Waals surface area contributed by atoms with Crippen molar-refractivity contribution >= 4 is 17.9 Å². The Labute approximate surface area is 363 Å². The molecule has 0 aromatic rings. The largest absolute Gasteiger partial charge is 0.462 e. The van der Waals surface area contributed by atoms with E-state index >= 15 is 0 Å². The van der Waals surface area contributed by atoms with Crippen LogP contribution in [-0.2, 0) is 28.6 Å². The summed E-state index contributed by atoms with van der Waals surface area (Å²) in [6.45, 7) is 6.41. The molecule has 1 unspecified atom stereocenters. The average Bonchev–Trinajstić information content (AvgIpc) is 3.23. The first-order chi connectivity index (χ1) is 29.0. The fraction of sp³-hybridized carbons (Fsp3) is 0.717. The summed E-state index contributed by atoms with van der Waals surface area (Å²) in [5, 5.41) is 0. The molecule has 0 amide bonds. The normalized spacial score (nSPS) is 12.7. The molecule has 0 aromatic heterocycles. The van der Waals surface area contributed by atoms with Gasteiger partial charge < -0.3 is 14.2 Å². The van der Waals surface area contributed by atoms with E-state index in [1.54, 1.807) is 0 Å². The van der Waals surface area contributed by atoms with Crippen LogP contribution in [0.2, 0.25) is 0 Å². The predicted molar refractivity (Wildman–Crippen MR) is 251 cm³/mol. The van der Waals surface area contributed by atoms with Gasteiger partial charge in [0.25, 0.3) is 0 Å². The third-order valence-electron chi connectivity index (χ3n) is 10.3. The van der Waals surface area contributed by atoms with Crippen LogP contribution in [0.4, 0.5) is 0 Å². The van der Waals surface area contributed by atoms with E-state index in [4.69, 9.17) is 14.2 Å². The van der Waals surface area contributed by atoms with Crippen molar-refractivity contribution < 1.29 is 28.6 Å². The van der Waals surface area contributed by atoms with E-state index in [1.165, 1.54) is 116 Å². The fourth-order valence-corrected chi connectivity index (χ4v) is 6.62. The lowest BCUT2D eigenvalue weighted by Crippen LogP contribution is -2.30. The second-order valence-corrected chi connectivity index (χ2v) is 16.1. The number of carbonyl (C=O) groups is 3. The Morgan fingerprint density at radius 2 is 0.661 bits per heavy atom. The van der Waals surface area contributed by atoms with Crippen molar-refractivity contribution in [3.63, 3.8) is 0 Å². The van der Waals surface area contributed by atoms with Gasteiger partial charge in [0, 0.05) is 19.3 Å². The summed E-state index contributed by atoms with van der Waals surface area (Å²) in [5.74, 6) is -0.939. The highest BCUT2D eigenvalue weighted by Crippen LogP contribution is 2.14. The molecule has 0 bridgehead atoms. The lowest BCUT2D eigenvalue weighted by molar-refractivity contribution is -0.167. The molecule has 6 nitrogen and oxygen atoms in total. The number of esters is 3. The standard InChI is InChI=1S/C53H90O6/c1-4-7-10-13-16-19-21-23-24-25-26-27-28-30-31-34-37-40-43-46-52(55)58-49-50(48-57-51(54)45-42-39-36-33-18-15-12-9-6-3)59-53(56)47-44-41-38-35-32-29-22-20-17-14-11-8-5-2/h8,11,14,16-17,19-23,29,32,50H,4-7,9-10,12-13,15,18,24-28,30-31,33-49H2,1-3H3/b11-8-,17-14-,19-16-,22-20-,23-21-,32-29-. The molecule has 0 saturated heterocycles. The molecule has 0 spiro atoms. The molecule has 0 aromatic carbocycles. The summed E-state index contributed by atoms with van der Waals surface area (Å²) in [6, 6.07) is 0. The van der Waals surface area contributed by atoms with Crippen molar-refractivity contribution in [3.05, 3.63) is 72.9 Å². The Kier molecular flexibility index (Phi) is 45.0. The first-order valence-electron chi connectivity index (χ1n) is 24.5. The minimum Gasteiger partial charge on any atom is -0.462 e. The van der Waals surface area contributed by atoms with E-state index in [2.05, 4.69) is 57.2 Å². The highest BCUT2D eigenvalue weighted by Gasteiger charge is 2.19.